The highest BCUT2D eigenvalue weighted by atomic mass is 32.2. The number of amides is 1. The minimum Gasteiger partial charge on any atom is -0.382 e. The Labute approximate surface area is 198 Å². The quantitative estimate of drug-likeness (QED) is 0.557. The van der Waals surface area contributed by atoms with E-state index in [0.717, 1.165) is 18.2 Å². The average molecular weight is 479 g/mol. The molecule has 2 fully saturated rings. The number of nitrogens with zero attached hydrogens (tertiary/aromatic N) is 4. The molecule has 2 aliphatic rings. The number of carbonyl (C=O) groups is 1. The van der Waals surface area contributed by atoms with Crippen molar-refractivity contribution in [2.45, 2.75) is 55.9 Å². The molecule has 0 unspecified atom stereocenters. The van der Waals surface area contributed by atoms with Gasteiger partial charge in [0.05, 0.1) is 22.1 Å². The highest BCUT2D eigenvalue weighted by molar-refractivity contribution is 7.91. The largest absolute Gasteiger partial charge is 0.382 e. The Hall–Kier alpha value is -3.45. The molecule has 2 N–H and O–H groups in total. The van der Waals surface area contributed by atoms with E-state index in [9.17, 15) is 13.2 Å². The maximum absolute atomic E-state index is 13.1. The van der Waals surface area contributed by atoms with Gasteiger partial charge in [-0.1, -0.05) is 0 Å². The monoisotopic (exact) mass is 478 g/mol. The van der Waals surface area contributed by atoms with Gasteiger partial charge in [-0.25, -0.2) is 18.4 Å². The Morgan fingerprint density at radius 2 is 1.82 bits per heavy atom. The average Bonchev–Trinajstić information content (AvgIpc) is 3.53. The molecule has 9 nitrogen and oxygen atoms in total. The molecule has 0 radical (unpaired) electrons. The van der Waals surface area contributed by atoms with E-state index >= 15 is 0 Å². The first-order chi connectivity index (χ1) is 16.3. The molecule has 0 aromatic carbocycles. The van der Waals surface area contributed by atoms with Gasteiger partial charge >= 0.3 is 0 Å². The van der Waals surface area contributed by atoms with Crippen LogP contribution < -0.4 is 10.6 Å². The van der Waals surface area contributed by atoms with Crippen molar-refractivity contribution in [3.63, 3.8) is 0 Å². The maximum atomic E-state index is 13.1. The first kappa shape index (κ1) is 22.3. The number of hydrogen-bond acceptors (Lipinski definition) is 7. The lowest BCUT2D eigenvalue weighted by atomic mass is 9.94. The zero-order valence-electron chi connectivity index (χ0n) is 18.9. The number of hydrogen-bond donors (Lipinski definition) is 2. The van der Waals surface area contributed by atoms with E-state index in [1.807, 2.05) is 22.9 Å². The molecule has 0 aliphatic heterocycles. The van der Waals surface area contributed by atoms with Gasteiger partial charge in [-0.15, -0.1) is 0 Å². The van der Waals surface area contributed by atoms with Crippen LogP contribution in [0.1, 0.15) is 54.4 Å². The van der Waals surface area contributed by atoms with Gasteiger partial charge < -0.3 is 10.6 Å². The Kier molecular flexibility index (Phi) is 5.73. The Morgan fingerprint density at radius 1 is 1.09 bits per heavy atom. The summed E-state index contributed by atoms with van der Waals surface area (Å²) in [5.41, 5.74) is 2.36. The molecule has 176 valence electrons. The van der Waals surface area contributed by atoms with Gasteiger partial charge in [0.25, 0.3) is 5.91 Å². The van der Waals surface area contributed by atoms with Crippen LogP contribution in [0.25, 0.3) is 16.9 Å². The lowest BCUT2D eigenvalue weighted by Crippen LogP contribution is -2.40. The van der Waals surface area contributed by atoms with Crippen LogP contribution in [0.5, 0.6) is 0 Å². The van der Waals surface area contributed by atoms with Gasteiger partial charge in [0.1, 0.15) is 27.4 Å². The number of rotatable bonds is 6. The molecule has 3 aromatic rings. The van der Waals surface area contributed by atoms with Crippen LogP contribution in [0.2, 0.25) is 0 Å². The van der Waals surface area contributed by atoms with Crippen molar-refractivity contribution in [2.75, 3.05) is 11.6 Å². The van der Waals surface area contributed by atoms with Gasteiger partial charge in [0.15, 0.2) is 0 Å². The number of nitriles is 1. The van der Waals surface area contributed by atoms with E-state index in [4.69, 9.17) is 5.26 Å². The molecular formula is C24H26N6O3S. The van der Waals surface area contributed by atoms with E-state index in [-0.39, 0.29) is 17.2 Å². The third-order valence-electron chi connectivity index (χ3n) is 6.59. The van der Waals surface area contributed by atoms with Gasteiger partial charge in [0.2, 0.25) is 0 Å². The Morgan fingerprint density at radius 3 is 2.50 bits per heavy atom. The van der Waals surface area contributed by atoms with Crippen molar-refractivity contribution in [3.8, 4) is 11.9 Å². The van der Waals surface area contributed by atoms with E-state index < -0.39 is 9.84 Å². The molecule has 0 saturated heterocycles. The fourth-order valence-corrected chi connectivity index (χ4v) is 5.62. The standard InChI is InChI=1S/C24H26N6O3S/c1-34(32,33)19-6-4-18(5-7-19)29-24(31)20-14-26-22(11-21(20)28-17-2-3-17)30-9-8-16-10-15(12-25)13-27-23(16)30/h8-11,13-14,17-19H,2-7H2,1H3,(H,26,28)(H,29,31). The molecule has 2 aliphatic carbocycles. The van der Waals surface area contributed by atoms with Crippen LogP contribution in [-0.4, -0.2) is 52.4 Å². The minimum absolute atomic E-state index is 0.0501. The third-order valence-corrected chi connectivity index (χ3v) is 8.27. The number of carbonyl (C=O) groups excluding carboxylic acids is 1. The summed E-state index contributed by atoms with van der Waals surface area (Å²) in [5.74, 6) is 0.416. The van der Waals surface area contributed by atoms with Crippen LogP contribution in [0.3, 0.4) is 0 Å². The summed E-state index contributed by atoms with van der Waals surface area (Å²) in [7, 11) is -3.05. The van der Waals surface area contributed by atoms with Crippen LogP contribution in [0.4, 0.5) is 5.69 Å². The Bertz CT molecular complexity index is 1400. The van der Waals surface area contributed by atoms with Crippen molar-refractivity contribution >= 4 is 32.5 Å². The van der Waals surface area contributed by atoms with Crippen molar-refractivity contribution in [1.82, 2.24) is 19.9 Å². The summed E-state index contributed by atoms with van der Waals surface area (Å²) in [5, 5.41) is 16.1. The summed E-state index contributed by atoms with van der Waals surface area (Å²) >= 11 is 0. The highest BCUT2D eigenvalue weighted by Gasteiger charge is 2.30. The van der Waals surface area contributed by atoms with Crippen molar-refractivity contribution < 1.29 is 13.2 Å². The maximum Gasteiger partial charge on any atom is 0.255 e. The molecule has 0 atom stereocenters. The third kappa shape index (κ3) is 4.61. The Balaban J connectivity index is 1.38. The summed E-state index contributed by atoms with van der Waals surface area (Å²) in [4.78, 5) is 22.1. The molecular weight excluding hydrogens is 452 g/mol. The predicted octanol–water partition coefficient (Wildman–Crippen LogP) is 2.95. The molecule has 34 heavy (non-hydrogen) atoms. The molecule has 0 bridgehead atoms. The lowest BCUT2D eigenvalue weighted by Gasteiger charge is -2.28. The smallest absolute Gasteiger partial charge is 0.255 e. The van der Waals surface area contributed by atoms with Crippen molar-refractivity contribution in [1.29, 1.82) is 5.26 Å². The fraction of sp³-hybridized carbons (Fsp3) is 0.417. The number of anilines is 1. The molecule has 3 aromatic heterocycles. The number of nitrogens with one attached hydrogen (secondary N) is 2. The van der Waals surface area contributed by atoms with E-state index in [1.54, 1.807) is 12.3 Å². The summed E-state index contributed by atoms with van der Waals surface area (Å²) in [6.45, 7) is 0. The first-order valence-corrected chi connectivity index (χ1v) is 13.4. The van der Waals surface area contributed by atoms with E-state index in [0.29, 0.717) is 60.0 Å². The molecule has 1 amide bonds. The van der Waals surface area contributed by atoms with Gasteiger partial charge in [-0.2, -0.15) is 5.26 Å². The topological polar surface area (TPSA) is 130 Å². The van der Waals surface area contributed by atoms with Crippen molar-refractivity contribution in [2.24, 2.45) is 0 Å². The number of sulfone groups is 1. The normalized spacial score (nSPS) is 20.6. The summed E-state index contributed by atoms with van der Waals surface area (Å²) in [6.07, 6.45) is 10.8. The van der Waals surface area contributed by atoms with Crippen LogP contribution in [0, 0.1) is 11.3 Å². The minimum atomic E-state index is -3.05. The lowest BCUT2D eigenvalue weighted by molar-refractivity contribution is 0.0928. The molecule has 2 saturated carbocycles. The van der Waals surface area contributed by atoms with Crippen LogP contribution in [0.15, 0.2) is 36.8 Å². The van der Waals surface area contributed by atoms with Gasteiger partial charge in [0, 0.05) is 48.4 Å². The zero-order chi connectivity index (χ0) is 23.9. The molecule has 10 heteroatoms. The van der Waals surface area contributed by atoms with E-state index in [2.05, 4.69) is 26.7 Å². The summed E-state index contributed by atoms with van der Waals surface area (Å²) in [6, 6.07) is 7.90. The predicted molar refractivity (Wildman–Crippen MR) is 129 cm³/mol. The van der Waals surface area contributed by atoms with Crippen LogP contribution in [-0.2, 0) is 9.84 Å². The molecule has 0 spiro atoms. The first-order valence-electron chi connectivity index (χ1n) is 11.5. The number of aromatic nitrogens is 3. The van der Waals surface area contributed by atoms with Gasteiger partial charge in [-0.3, -0.25) is 9.36 Å². The van der Waals surface area contributed by atoms with Crippen LogP contribution >= 0.6 is 0 Å². The second-order valence-corrected chi connectivity index (χ2v) is 11.5. The van der Waals surface area contributed by atoms with Gasteiger partial charge in [-0.05, 0) is 50.7 Å². The van der Waals surface area contributed by atoms with E-state index in [1.165, 1.54) is 12.5 Å². The van der Waals surface area contributed by atoms with Crippen molar-refractivity contribution in [3.05, 3.63) is 47.9 Å². The summed E-state index contributed by atoms with van der Waals surface area (Å²) < 4.78 is 25.5. The molecule has 5 rings (SSSR count). The number of pyridine rings is 2. The number of fused-ring (bicyclic) bond motifs is 1. The SMILES string of the molecule is CS(=O)(=O)C1CCC(NC(=O)c2cnc(-n3ccc4cc(C#N)cnc43)cc2NC2CC2)CC1. The fourth-order valence-electron chi connectivity index (χ4n) is 4.49. The molecule has 3 heterocycles. The highest BCUT2D eigenvalue weighted by Crippen LogP contribution is 2.30. The second kappa shape index (κ2) is 8.72. The zero-order valence-corrected chi connectivity index (χ0v) is 19.7. The second-order valence-electron chi connectivity index (χ2n) is 9.22.